The first-order valence-corrected chi connectivity index (χ1v) is 3.37. The van der Waals surface area contributed by atoms with Crippen LogP contribution in [0.3, 0.4) is 0 Å². The minimum Gasteiger partial charge on any atom is -0.0915 e. The summed E-state index contributed by atoms with van der Waals surface area (Å²) in [6, 6.07) is 0. The van der Waals surface area contributed by atoms with Gasteiger partial charge in [0.15, 0.2) is 3.79 Å². The molecule has 0 heterocycles. The average Bonchev–Trinajstić information content (AvgIpc) is 1.59. The highest BCUT2D eigenvalue weighted by Crippen LogP contribution is 2.29. The second-order valence-electron chi connectivity index (χ2n) is 1.39. The van der Waals surface area contributed by atoms with Crippen molar-refractivity contribution in [2.45, 2.75) is 17.1 Å². The van der Waals surface area contributed by atoms with Crippen LogP contribution in [0, 0.1) is 0 Å². The van der Waals surface area contributed by atoms with Crippen molar-refractivity contribution in [1.29, 1.82) is 0 Å². The summed E-state index contributed by atoms with van der Waals surface area (Å²) in [4.78, 5) is 0. The van der Waals surface area contributed by atoms with Gasteiger partial charge in [-0.25, -0.2) is 0 Å². The van der Waals surface area contributed by atoms with Crippen LogP contribution < -0.4 is 0 Å². The maximum absolute atomic E-state index is 5.39. The van der Waals surface area contributed by atoms with Gasteiger partial charge in [0.05, 0.1) is 0 Å². The Morgan fingerprint density at radius 2 is 1.88 bits per heavy atom. The third kappa shape index (κ3) is 6.61. The zero-order chi connectivity index (χ0) is 6.62. The minimum absolute atomic E-state index is 0.480. The number of alkyl halides is 3. The van der Waals surface area contributed by atoms with Crippen LogP contribution in [0.5, 0.6) is 0 Å². The van der Waals surface area contributed by atoms with E-state index in [-0.39, 0.29) is 0 Å². The number of allylic oxidation sites excluding steroid dienone is 2. The fraction of sp³-hybridized carbons (Fsp3) is 0.600. The molecule has 0 aromatic carbocycles. The SMILES string of the molecule is CC=CCC(Cl)(Cl)Cl. The van der Waals surface area contributed by atoms with Crippen LogP contribution in [0.15, 0.2) is 12.2 Å². The molecule has 3 heteroatoms. The van der Waals surface area contributed by atoms with Gasteiger partial charge in [-0.1, -0.05) is 47.0 Å². The molecule has 0 bridgehead atoms. The average molecular weight is 173 g/mol. The van der Waals surface area contributed by atoms with E-state index in [0.29, 0.717) is 6.42 Å². The predicted octanol–water partition coefficient (Wildman–Crippen LogP) is 3.32. The van der Waals surface area contributed by atoms with Gasteiger partial charge in [0.25, 0.3) is 0 Å². The lowest BCUT2D eigenvalue weighted by atomic mass is 10.4. The Morgan fingerprint density at radius 1 is 1.38 bits per heavy atom. The first-order valence-electron chi connectivity index (χ1n) is 2.24. The van der Waals surface area contributed by atoms with Crippen molar-refractivity contribution in [2.75, 3.05) is 0 Å². The van der Waals surface area contributed by atoms with Gasteiger partial charge in [-0.2, -0.15) is 0 Å². The van der Waals surface area contributed by atoms with Crippen LogP contribution in [0.1, 0.15) is 13.3 Å². The van der Waals surface area contributed by atoms with E-state index in [9.17, 15) is 0 Å². The topological polar surface area (TPSA) is 0 Å². The maximum atomic E-state index is 5.39. The van der Waals surface area contributed by atoms with Crippen molar-refractivity contribution >= 4 is 34.8 Å². The quantitative estimate of drug-likeness (QED) is 0.421. The van der Waals surface area contributed by atoms with Crippen molar-refractivity contribution in [3.05, 3.63) is 12.2 Å². The molecule has 0 saturated heterocycles. The first kappa shape index (κ1) is 8.61. The highest BCUT2D eigenvalue weighted by atomic mass is 35.6. The molecular weight excluding hydrogens is 166 g/mol. The molecule has 0 N–H and O–H groups in total. The highest BCUT2D eigenvalue weighted by molar-refractivity contribution is 6.67. The molecule has 0 amide bonds. The van der Waals surface area contributed by atoms with E-state index in [2.05, 4.69) is 0 Å². The zero-order valence-electron chi connectivity index (χ0n) is 4.50. The predicted molar refractivity (Wildman–Crippen MR) is 39.7 cm³/mol. The van der Waals surface area contributed by atoms with Crippen LogP contribution in [0.2, 0.25) is 0 Å². The van der Waals surface area contributed by atoms with Crippen LogP contribution in [0.25, 0.3) is 0 Å². The summed E-state index contributed by atoms with van der Waals surface area (Å²) in [6.07, 6.45) is 4.14. The molecule has 0 aliphatic carbocycles. The summed E-state index contributed by atoms with van der Waals surface area (Å²) >= 11 is 16.2. The lowest BCUT2D eigenvalue weighted by Crippen LogP contribution is -1.97. The van der Waals surface area contributed by atoms with Crippen molar-refractivity contribution < 1.29 is 0 Å². The molecule has 0 nitrogen and oxygen atoms in total. The van der Waals surface area contributed by atoms with Crippen molar-refractivity contribution in [1.82, 2.24) is 0 Å². The highest BCUT2D eigenvalue weighted by Gasteiger charge is 2.15. The molecule has 0 radical (unpaired) electrons. The number of halogens is 3. The molecule has 0 unspecified atom stereocenters. The first-order chi connectivity index (χ1) is 3.56. The Bertz CT molecular complexity index is 80.2. The molecule has 0 atom stereocenters. The van der Waals surface area contributed by atoms with Gasteiger partial charge in [-0.15, -0.1) is 0 Å². The Hall–Kier alpha value is 0.610. The summed E-state index contributed by atoms with van der Waals surface area (Å²) in [5.74, 6) is 0. The van der Waals surface area contributed by atoms with Crippen molar-refractivity contribution in [3.8, 4) is 0 Å². The fourth-order valence-electron chi connectivity index (χ4n) is 0.251. The van der Waals surface area contributed by atoms with E-state index in [1.165, 1.54) is 0 Å². The monoisotopic (exact) mass is 172 g/mol. The van der Waals surface area contributed by atoms with Gasteiger partial charge in [0.2, 0.25) is 0 Å². The number of hydrogen-bond acceptors (Lipinski definition) is 0. The Kier molecular flexibility index (Phi) is 3.87. The van der Waals surface area contributed by atoms with Crippen LogP contribution >= 0.6 is 34.8 Å². The van der Waals surface area contributed by atoms with E-state index >= 15 is 0 Å². The fourth-order valence-corrected chi connectivity index (χ4v) is 0.519. The lowest BCUT2D eigenvalue weighted by molar-refractivity contribution is 1.07. The lowest BCUT2D eigenvalue weighted by Gasteiger charge is -2.04. The summed E-state index contributed by atoms with van der Waals surface area (Å²) < 4.78 is -1.12. The summed E-state index contributed by atoms with van der Waals surface area (Å²) in [5, 5.41) is 0. The summed E-state index contributed by atoms with van der Waals surface area (Å²) in [6.45, 7) is 1.89. The van der Waals surface area contributed by atoms with Crippen molar-refractivity contribution in [2.24, 2.45) is 0 Å². The smallest absolute Gasteiger partial charge is 0.0915 e. The second-order valence-corrected chi connectivity index (χ2v) is 3.90. The van der Waals surface area contributed by atoms with Gasteiger partial charge in [-0.3, -0.25) is 0 Å². The van der Waals surface area contributed by atoms with E-state index in [4.69, 9.17) is 34.8 Å². The van der Waals surface area contributed by atoms with Crippen LogP contribution in [-0.2, 0) is 0 Å². The van der Waals surface area contributed by atoms with E-state index in [1.54, 1.807) is 0 Å². The molecule has 0 aromatic heterocycles. The third-order valence-corrected chi connectivity index (χ3v) is 1.05. The maximum Gasteiger partial charge on any atom is 0.194 e. The second kappa shape index (κ2) is 3.60. The standard InChI is InChI=1S/C5H7Cl3/c1-2-3-4-5(6,7)8/h2-3H,4H2,1H3. The molecule has 0 spiro atoms. The summed E-state index contributed by atoms with van der Waals surface area (Å²) in [5.41, 5.74) is 0. The Balaban J connectivity index is 3.39. The Morgan fingerprint density at radius 3 is 2.00 bits per heavy atom. The zero-order valence-corrected chi connectivity index (χ0v) is 6.76. The normalized spacial score (nSPS) is 13.0. The van der Waals surface area contributed by atoms with E-state index in [0.717, 1.165) is 0 Å². The van der Waals surface area contributed by atoms with E-state index in [1.807, 2.05) is 19.1 Å². The molecule has 0 saturated carbocycles. The van der Waals surface area contributed by atoms with Gasteiger partial charge in [0.1, 0.15) is 0 Å². The number of hydrogen-bond donors (Lipinski definition) is 0. The van der Waals surface area contributed by atoms with Crippen molar-refractivity contribution in [3.63, 3.8) is 0 Å². The van der Waals surface area contributed by atoms with Crippen LogP contribution in [-0.4, -0.2) is 3.79 Å². The largest absolute Gasteiger partial charge is 0.194 e. The van der Waals surface area contributed by atoms with Gasteiger partial charge in [-0.05, 0) is 6.92 Å². The molecule has 0 fully saturated rings. The summed E-state index contributed by atoms with van der Waals surface area (Å²) in [7, 11) is 0. The van der Waals surface area contributed by atoms with Crippen LogP contribution in [0.4, 0.5) is 0 Å². The molecule has 0 aliphatic heterocycles. The van der Waals surface area contributed by atoms with E-state index < -0.39 is 3.79 Å². The minimum atomic E-state index is -1.12. The molecule has 0 rings (SSSR count). The molecule has 8 heavy (non-hydrogen) atoms. The number of rotatable bonds is 1. The van der Waals surface area contributed by atoms with Gasteiger partial charge in [0, 0.05) is 6.42 Å². The van der Waals surface area contributed by atoms with Gasteiger partial charge < -0.3 is 0 Å². The molecule has 0 aromatic rings. The molecule has 0 aliphatic rings. The third-order valence-electron chi connectivity index (χ3n) is 0.585. The molecule has 48 valence electrons. The molecular formula is C5H7Cl3. The Labute approximate surface area is 64.4 Å². The van der Waals surface area contributed by atoms with Gasteiger partial charge >= 0.3 is 0 Å².